The van der Waals surface area contributed by atoms with Gasteiger partial charge < -0.3 is 9.30 Å². The second-order valence-electron chi connectivity index (χ2n) is 4.98. The molecule has 0 N–H and O–H groups in total. The standard InChI is InChI=1S/C13H17ClN4OS/c1-9-8-20-13(16-9)10-6-18(3-4-19-10)7-12-15-5-11(14)17(12)2/h5,8,10H,3-4,6-7H2,1-2H3. The molecule has 0 bridgehead atoms. The number of rotatable bonds is 3. The Labute approximate surface area is 127 Å². The molecule has 1 atom stereocenters. The topological polar surface area (TPSA) is 43.2 Å². The lowest BCUT2D eigenvalue weighted by Crippen LogP contribution is -2.38. The maximum Gasteiger partial charge on any atom is 0.128 e. The first-order chi connectivity index (χ1) is 9.63. The van der Waals surface area contributed by atoms with E-state index in [1.54, 1.807) is 17.5 Å². The molecule has 0 aromatic carbocycles. The summed E-state index contributed by atoms with van der Waals surface area (Å²) in [5, 5.41) is 3.79. The molecule has 20 heavy (non-hydrogen) atoms. The lowest BCUT2D eigenvalue weighted by molar-refractivity contribution is -0.0340. The third-order valence-electron chi connectivity index (χ3n) is 3.46. The van der Waals surface area contributed by atoms with Gasteiger partial charge in [-0.05, 0) is 6.92 Å². The second kappa shape index (κ2) is 5.81. The summed E-state index contributed by atoms with van der Waals surface area (Å²) in [7, 11) is 1.94. The molecule has 0 radical (unpaired) electrons. The number of halogens is 1. The van der Waals surface area contributed by atoms with Gasteiger partial charge in [0.05, 0.1) is 19.3 Å². The smallest absolute Gasteiger partial charge is 0.128 e. The zero-order chi connectivity index (χ0) is 14.1. The molecule has 0 amide bonds. The number of hydrogen-bond acceptors (Lipinski definition) is 5. The summed E-state index contributed by atoms with van der Waals surface area (Å²) in [5.74, 6) is 0.978. The van der Waals surface area contributed by atoms with Gasteiger partial charge in [-0.1, -0.05) is 11.6 Å². The maximum absolute atomic E-state index is 6.02. The Kier molecular flexibility index (Phi) is 4.07. The fourth-order valence-electron chi connectivity index (χ4n) is 2.29. The molecule has 108 valence electrons. The molecule has 1 aliphatic rings. The molecule has 0 aliphatic carbocycles. The van der Waals surface area contributed by atoms with Gasteiger partial charge in [-0.2, -0.15) is 0 Å². The average Bonchev–Trinajstić information content (AvgIpc) is 3.00. The molecule has 2 aromatic rings. The van der Waals surface area contributed by atoms with Crippen LogP contribution in [-0.2, 0) is 18.3 Å². The molecule has 1 saturated heterocycles. The van der Waals surface area contributed by atoms with E-state index < -0.39 is 0 Å². The highest BCUT2D eigenvalue weighted by Crippen LogP contribution is 2.26. The van der Waals surface area contributed by atoms with Crippen LogP contribution < -0.4 is 0 Å². The van der Waals surface area contributed by atoms with Gasteiger partial charge in [-0.25, -0.2) is 9.97 Å². The van der Waals surface area contributed by atoms with Crippen molar-refractivity contribution in [1.82, 2.24) is 19.4 Å². The normalized spacial score (nSPS) is 20.4. The summed E-state index contributed by atoms with van der Waals surface area (Å²) >= 11 is 7.69. The van der Waals surface area contributed by atoms with Crippen molar-refractivity contribution in [2.75, 3.05) is 19.7 Å². The van der Waals surface area contributed by atoms with Crippen LogP contribution in [-0.4, -0.2) is 39.1 Å². The fraction of sp³-hybridized carbons (Fsp3) is 0.538. The lowest BCUT2D eigenvalue weighted by Gasteiger charge is -2.31. The second-order valence-corrected chi connectivity index (χ2v) is 6.25. The third kappa shape index (κ3) is 2.88. The van der Waals surface area contributed by atoms with Crippen molar-refractivity contribution in [3.8, 4) is 0 Å². The van der Waals surface area contributed by atoms with Gasteiger partial charge in [0.2, 0.25) is 0 Å². The van der Waals surface area contributed by atoms with E-state index >= 15 is 0 Å². The van der Waals surface area contributed by atoms with Crippen molar-refractivity contribution in [2.24, 2.45) is 7.05 Å². The Morgan fingerprint density at radius 1 is 1.55 bits per heavy atom. The van der Waals surface area contributed by atoms with Crippen LogP contribution in [0.5, 0.6) is 0 Å². The number of ether oxygens (including phenoxy) is 1. The summed E-state index contributed by atoms with van der Waals surface area (Å²) in [6, 6.07) is 0. The number of morpholine rings is 1. The first-order valence-corrected chi connectivity index (χ1v) is 7.81. The Morgan fingerprint density at radius 2 is 2.40 bits per heavy atom. The minimum atomic E-state index is 0.0678. The van der Waals surface area contributed by atoms with Crippen LogP contribution in [0.2, 0.25) is 5.15 Å². The van der Waals surface area contributed by atoms with E-state index in [0.717, 1.165) is 42.8 Å². The summed E-state index contributed by atoms with van der Waals surface area (Å²) < 4.78 is 7.75. The van der Waals surface area contributed by atoms with E-state index in [9.17, 15) is 0 Å². The summed E-state index contributed by atoms with van der Waals surface area (Å²) in [5.41, 5.74) is 1.06. The van der Waals surface area contributed by atoms with Gasteiger partial charge >= 0.3 is 0 Å². The molecule has 3 heterocycles. The predicted molar refractivity (Wildman–Crippen MR) is 79.0 cm³/mol. The van der Waals surface area contributed by atoms with E-state index in [2.05, 4.69) is 20.2 Å². The largest absolute Gasteiger partial charge is 0.368 e. The Hall–Kier alpha value is -0.950. The molecular weight excluding hydrogens is 296 g/mol. The van der Waals surface area contributed by atoms with Gasteiger partial charge in [0.1, 0.15) is 22.1 Å². The highest BCUT2D eigenvalue weighted by molar-refractivity contribution is 7.09. The molecule has 5 nitrogen and oxygen atoms in total. The van der Waals surface area contributed by atoms with Gasteiger partial charge in [-0.15, -0.1) is 11.3 Å². The van der Waals surface area contributed by atoms with E-state index in [1.807, 2.05) is 18.5 Å². The molecule has 1 aliphatic heterocycles. The van der Waals surface area contributed by atoms with Crippen molar-refractivity contribution >= 4 is 22.9 Å². The van der Waals surface area contributed by atoms with E-state index in [1.165, 1.54) is 0 Å². The van der Waals surface area contributed by atoms with Gasteiger partial charge in [0.25, 0.3) is 0 Å². The summed E-state index contributed by atoms with van der Waals surface area (Å²) in [6.45, 7) is 5.27. The summed E-state index contributed by atoms with van der Waals surface area (Å²) in [4.78, 5) is 11.2. The molecule has 1 unspecified atom stereocenters. The molecule has 1 fully saturated rings. The summed E-state index contributed by atoms with van der Waals surface area (Å²) in [6.07, 6.45) is 1.76. The fourth-order valence-corrected chi connectivity index (χ4v) is 3.27. The number of aryl methyl sites for hydroxylation is 1. The van der Waals surface area contributed by atoms with E-state index in [4.69, 9.17) is 16.3 Å². The molecule has 3 rings (SSSR count). The molecule has 2 aromatic heterocycles. The van der Waals surface area contributed by atoms with Crippen molar-refractivity contribution in [2.45, 2.75) is 19.6 Å². The highest BCUT2D eigenvalue weighted by atomic mass is 35.5. The number of aromatic nitrogens is 3. The van der Waals surface area contributed by atoms with Crippen molar-refractivity contribution < 1.29 is 4.74 Å². The van der Waals surface area contributed by atoms with Gasteiger partial charge in [0.15, 0.2) is 0 Å². The van der Waals surface area contributed by atoms with Crippen LogP contribution in [0.3, 0.4) is 0 Å². The zero-order valence-corrected chi connectivity index (χ0v) is 13.1. The lowest BCUT2D eigenvalue weighted by atomic mass is 10.2. The van der Waals surface area contributed by atoms with Crippen LogP contribution in [0.4, 0.5) is 0 Å². The van der Waals surface area contributed by atoms with Crippen LogP contribution in [0, 0.1) is 6.92 Å². The first-order valence-electron chi connectivity index (χ1n) is 6.55. The highest BCUT2D eigenvalue weighted by Gasteiger charge is 2.25. The molecule has 0 spiro atoms. The average molecular weight is 313 g/mol. The maximum atomic E-state index is 6.02. The molecule has 0 saturated carbocycles. The number of nitrogens with zero attached hydrogens (tertiary/aromatic N) is 4. The quantitative estimate of drug-likeness (QED) is 0.873. The van der Waals surface area contributed by atoms with Crippen LogP contribution >= 0.6 is 22.9 Å². The molecule has 7 heteroatoms. The van der Waals surface area contributed by atoms with Gasteiger partial charge in [0, 0.05) is 31.2 Å². The first kappa shape index (κ1) is 14.0. The predicted octanol–water partition coefficient (Wildman–Crippen LogP) is 2.41. The van der Waals surface area contributed by atoms with Crippen molar-refractivity contribution in [3.05, 3.63) is 33.3 Å². The van der Waals surface area contributed by atoms with Crippen molar-refractivity contribution in [1.29, 1.82) is 0 Å². The van der Waals surface area contributed by atoms with Crippen LogP contribution in [0.25, 0.3) is 0 Å². The zero-order valence-electron chi connectivity index (χ0n) is 11.5. The monoisotopic (exact) mass is 312 g/mol. The number of thiazole rings is 1. The van der Waals surface area contributed by atoms with E-state index in [0.29, 0.717) is 5.15 Å². The van der Waals surface area contributed by atoms with Crippen LogP contribution in [0.1, 0.15) is 22.6 Å². The minimum absolute atomic E-state index is 0.0678. The van der Waals surface area contributed by atoms with Gasteiger partial charge in [-0.3, -0.25) is 4.90 Å². The number of imidazole rings is 1. The number of hydrogen-bond donors (Lipinski definition) is 0. The van der Waals surface area contributed by atoms with Crippen LogP contribution in [0.15, 0.2) is 11.6 Å². The SMILES string of the molecule is Cc1csc(C2CN(Cc3ncc(Cl)n3C)CCO2)n1. The Balaban J connectivity index is 1.68. The Morgan fingerprint density at radius 3 is 3.05 bits per heavy atom. The molecular formula is C13H17ClN4OS. The van der Waals surface area contributed by atoms with Crippen molar-refractivity contribution in [3.63, 3.8) is 0 Å². The third-order valence-corrected chi connectivity index (χ3v) is 4.86. The minimum Gasteiger partial charge on any atom is -0.368 e. The van der Waals surface area contributed by atoms with E-state index in [-0.39, 0.29) is 6.10 Å². The Bertz CT molecular complexity index is 597.